The molecule has 7 nitrogen and oxygen atoms in total. The number of nitrogens with one attached hydrogen (secondary N) is 1. The molecule has 1 aromatic heterocycles. The van der Waals surface area contributed by atoms with Crippen LogP contribution in [0.2, 0.25) is 0 Å². The van der Waals surface area contributed by atoms with Gasteiger partial charge in [-0.1, -0.05) is 30.3 Å². The summed E-state index contributed by atoms with van der Waals surface area (Å²) in [7, 11) is -1.76. The van der Waals surface area contributed by atoms with Crippen LogP contribution in [-0.2, 0) is 34.6 Å². The molecule has 0 saturated carbocycles. The molecule has 0 atom stereocenters. The van der Waals surface area contributed by atoms with Crippen molar-refractivity contribution >= 4 is 26.5 Å². The Morgan fingerprint density at radius 3 is 2.31 bits per heavy atom. The number of nitrogens with zero attached hydrogens (tertiary/aromatic N) is 2. The summed E-state index contributed by atoms with van der Waals surface area (Å²) in [6.07, 6.45) is 0.117. The standard InChI is InChI=1S/C21H23N3O4S/c1-14(2)29(27,28)16-10-8-15(9-11-16)12-20(25)22-13-19-17-6-4-5-7-18(17)21(26)24(3)23-19/h4-11,14H,12-13H2,1-3H3,(H,22,25). The van der Waals surface area contributed by atoms with Crippen molar-refractivity contribution in [2.45, 2.75) is 37.0 Å². The third-order valence-corrected chi connectivity index (χ3v) is 6.89. The van der Waals surface area contributed by atoms with Crippen LogP contribution in [0.5, 0.6) is 0 Å². The van der Waals surface area contributed by atoms with Gasteiger partial charge in [-0.05, 0) is 37.6 Å². The fraction of sp³-hybridized carbons (Fsp3) is 0.286. The maximum Gasteiger partial charge on any atom is 0.274 e. The molecule has 0 saturated heterocycles. The molecule has 0 spiro atoms. The zero-order valence-corrected chi connectivity index (χ0v) is 17.4. The van der Waals surface area contributed by atoms with Gasteiger partial charge in [-0.3, -0.25) is 9.59 Å². The third kappa shape index (κ3) is 4.37. The maximum absolute atomic E-state index is 12.3. The van der Waals surface area contributed by atoms with Gasteiger partial charge in [0.05, 0.1) is 34.2 Å². The summed E-state index contributed by atoms with van der Waals surface area (Å²) in [5.41, 5.74) is 1.13. The van der Waals surface area contributed by atoms with E-state index in [0.717, 1.165) is 0 Å². The predicted molar refractivity (Wildman–Crippen MR) is 111 cm³/mol. The van der Waals surface area contributed by atoms with Crippen LogP contribution in [0.15, 0.2) is 58.2 Å². The Bertz CT molecular complexity index is 1210. The van der Waals surface area contributed by atoms with Crippen LogP contribution in [0.4, 0.5) is 0 Å². The number of carbonyl (C=O) groups is 1. The van der Waals surface area contributed by atoms with E-state index in [1.165, 1.54) is 16.8 Å². The normalized spacial score (nSPS) is 11.7. The van der Waals surface area contributed by atoms with E-state index in [1.54, 1.807) is 51.2 Å². The Morgan fingerprint density at radius 1 is 1.07 bits per heavy atom. The van der Waals surface area contributed by atoms with Gasteiger partial charge >= 0.3 is 0 Å². The number of amides is 1. The van der Waals surface area contributed by atoms with Crippen LogP contribution in [0.25, 0.3) is 10.8 Å². The van der Waals surface area contributed by atoms with Crippen molar-refractivity contribution in [2.75, 3.05) is 0 Å². The second kappa shape index (κ2) is 8.16. The Balaban J connectivity index is 1.71. The number of carbonyl (C=O) groups excluding carboxylic acids is 1. The van der Waals surface area contributed by atoms with E-state index in [0.29, 0.717) is 22.0 Å². The zero-order valence-electron chi connectivity index (χ0n) is 16.5. The molecule has 0 aliphatic heterocycles. The van der Waals surface area contributed by atoms with Crippen molar-refractivity contribution in [1.29, 1.82) is 0 Å². The lowest BCUT2D eigenvalue weighted by Gasteiger charge is -2.10. The van der Waals surface area contributed by atoms with Crippen molar-refractivity contribution in [3.8, 4) is 0 Å². The molecule has 2 aromatic carbocycles. The first kappa shape index (κ1) is 20.7. The highest BCUT2D eigenvalue weighted by Crippen LogP contribution is 2.17. The van der Waals surface area contributed by atoms with Gasteiger partial charge in [-0.2, -0.15) is 5.10 Å². The van der Waals surface area contributed by atoms with Crippen molar-refractivity contribution in [3.63, 3.8) is 0 Å². The van der Waals surface area contributed by atoms with Gasteiger partial charge in [0, 0.05) is 12.4 Å². The average molecular weight is 413 g/mol. The highest BCUT2D eigenvalue weighted by atomic mass is 32.2. The lowest BCUT2D eigenvalue weighted by molar-refractivity contribution is -0.120. The molecule has 3 rings (SSSR count). The fourth-order valence-electron chi connectivity index (χ4n) is 3.01. The summed E-state index contributed by atoms with van der Waals surface area (Å²) in [5.74, 6) is -0.218. The molecule has 0 unspecified atom stereocenters. The van der Waals surface area contributed by atoms with E-state index in [9.17, 15) is 18.0 Å². The average Bonchev–Trinajstić information content (AvgIpc) is 2.70. The smallest absolute Gasteiger partial charge is 0.274 e. The monoisotopic (exact) mass is 413 g/mol. The summed E-state index contributed by atoms with van der Waals surface area (Å²) in [6, 6.07) is 13.5. The lowest BCUT2D eigenvalue weighted by atomic mass is 10.1. The summed E-state index contributed by atoms with van der Waals surface area (Å²) in [5, 5.41) is 7.83. The van der Waals surface area contributed by atoms with Crippen molar-refractivity contribution < 1.29 is 13.2 Å². The molecular formula is C21H23N3O4S. The third-order valence-electron chi connectivity index (χ3n) is 4.72. The first-order valence-corrected chi connectivity index (χ1v) is 10.8. The molecular weight excluding hydrogens is 390 g/mol. The molecule has 1 N–H and O–H groups in total. The Kier molecular flexibility index (Phi) is 5.83. The fourth-order valence-corrected chi connectivity index (χ4v) is 4.07. The quantitative estimate of drug-likeness (QED) is 0.666. The lowest BCUT2D eigenvalue weighted by Crippen LogP contribution is -2.28. The van der Waals surface area contributed by atoms with Gasteiger partial charge < -0.3 is 5.32 Å². The molecule has 8 heteroatoms. The highest BCUT2D eigenvalue weighted by molar-refractivity contribution is 7.92. The Morgan fingerprint density at radius 2 is 1.69 bits per heavy atom. The SMILES string of the molecule is CC(C)S(=O)(=O)c1ccc(CC(=O)NCc2nn(C)c(=O)c3ccccc23)cc1. The van der Waals surface area contributed by atoms with E-state index in [2.05, 4.69) is 10.4 Å². The summed E-state index contributed by atoms with van der Waals surface area (Å²) in [4.78, 5) is 24.8. The van der Waals surface area contributed by atoms with Crippen LogP contribution in [0.3, 0.4) is 0 Å². The van der Waals surface area contributed by atoms with Crippen LogP contribution in [-0.4, -0.2) is 29.4 Å². The van der Waals surface area contributed by atoms with E-state index < -0.39 is 15.1 Å². The number of fused-ring (bicyclic) bond motifs is 1. The molecule has 0 fully saturated rings. The highest BCUT2D eigenvalue weighted by Gasteiger charge is 2.19. The van der Waals surface area contributed by atoms with Crippen LogP contribution >= 0.6 is 0 Å². The number of hydrogen-bond donors (Lipinski definition) is 1. The zero-order chi connectivity index (χ0) is 21.2. The topological polar surface area (TPSA) is 98.1 Å². The minimum atomic E-state index is -3.33. The second-order valence-corrected chi connectivity index (χ2v) is 9.62. The molecule has 1 amide bonds. The predicted octanol–water partition coefficient (Wildman–Crippen LogP) is 1.97. The molecule has 3 aromatic rings. The van der Waals surface area contributed by atoms with Crippen molar-refractivity contribution in [2.24, 2.45) is 7.05 Å². The molecule has 29 heavy (non-hydrogen) atoms. The van der Waals surface area contributed by atoms with E-state index in [4.69, 9.17) is 0 Å². The number of benzene rings is 2. The van der Waals surface area contributed by atoms with E-state index in [-0.39, 0.29) is 29.3 Å². The van der Waals surface area contributed by atoms with Crippen LogP contribution in [0, 0.1) is 0 Å². The largest absolute Gasteiger partial charge is 0.350 e. The van der Waals surface area contributed by atoms with E-state index >= 15 is 0 Å². The first-order valence-electron chi connectivity index (χ1n) is 9.24. The van der Waals surface area contributed by atoms with Crippen molar-refractivity contribution in [3.05, 3.63) is 70.1 Å². The van der Waals surface area contributed by atoms with Gasteiger partial charge in [0.1, 0.15) is 0 Å². The first-order chi connectivity index (χ1) is 13.7. The minimum absolute atomic E-state index is 0.117. The van der Waals surface area contributed by atoms with E-state index in [1.807, 2.05) is 6.07 Å². The van der Waals surface area contributed by atoms with Gasteiger partial charge in [0.25, 0.3) is 5.56 Å². The molecule has 152 valence electrons. The van der Waals surface area contributed by atoms with Crippen LogP contribution < -0.4 is 10.9 Å². The number of rotatable bonds is 6. The summed E-state index contributed by atoms with van der Waals surface area (Å²) >= 11 is 0. The maximum atomic E-state index is 12.3. The molecule has 0 bridgehead atoms. The minimum Gasteiger partial charge on any atom is -0.350 e. The number of aryl methyl sites for hydroxylation is 1. The van der Waals surface area contributed by atoms with Crippen LogP contribution in [0.1, 0.15) is 25.1 Å². The molecule has 0 radical (unpaired) electrons. The molecule has 1 heterocycles. The van der Waals surface area contributed by atoms with Crippen molar-refractivity contribution in [1.82, 2.24) is 15.1 Å². The number of hydrogen-bond acceptors (Lipinski definition) is 5. The Hall–Kier alpha value is -3.00. The molecule has 0 aliphatic rings. The summed E-state index contributed by atoms with van der Waals surface area (Å²) in [6.45, 7) is 3.45. The Labute approximate surface area is 169 Å². The molecule has 0 aliphatic carbocycles. The van der Waals surface area contributed by atoms with Gasteiger partial charge in [-0.25, -0.2) is 13.1 Å². The second-order valence-electron chi connectivity index (χ2n) is 7.11. The number of sulfone groups is 1. The summed E-state index contributed by atoms with van der Waals surface area (Å²) < 4.78 is 25.6. The number of aromatic nitrogens is 2. The van der Waals surface area contributed by atoms with Gasteiger partial charge in [0.2, 0.25) is 5.91 Å². The van der Waals surface area contributed by atoms with Gasteiger partial charge in [-0.15, -0.1) is 0 Å². The van der Waals surface area contributed by atoms with Gasteiger partial charge in [0.15, 0.2) is 9.84 Å².